The standard InChI is InChI=1S/C15H26N2O/c1-6-18-9-7-8-16-13(4)15-11(2)10-12(3)17-14(15)5/h10,13,16H,6-9H2,1-5H3. The lowest BCUT2D eigenvalue weighted by atomic mass is 10.0. The minimum absolute atomic E-state index is 0.347. The second kappa shape index (κ2) is 7.49. The van der Waals surface area contributed by atoms with Gasteiger partial charge >= 0.3 is 0 Å². The molecule has 0 aliphatic carbocycles. The third kappa shape index (κ3) is 4.39. The van der Waals surface area contributed by atoms with Gasteiger partial charge in [0.25, 0.3) is 0 Å². The molecule has 0 radical (unpaired) electrons. The second-order valence-electron chi connectivity index (χ2n) is 4.81. The van der Waals surface area contributed by atoms with E-state index >= 15 is 0 Å². The van der Waals surface area contributed by atoms with Crippen molar-refractivity contribution in [2.45, 2.75) is 47.1 Å². The van der Waals surface area contributed by atoms with E-state index in [1.54, 1.807) is 0 Å². The molecule has 0 spiro atoms. The first-order valence-corrected chi connectivity index (χ1v) is 6.82. The van der Waals surface area contributed by atoms with Crippen molar-refractivity contribution in [1.29, 1.82) is 0 Å². The van der Waals surface area contributed by atoms with Crippen LogP contribution in [0.25, 0.3) is 0 Å². The molecule has 1 aromatic rings. The van der Waals surface area contributed by atoms with Crippen LogP contribution in [0.4, 0.5) is 0 Å². The third-order valence-corrected chi connectivity index (χ3v) is 3.14. The van der Waals surface area contributed by atoms with Gasteiger partial charge in [0.1, 0.15) is 0 Å². The number of aromatic nitrogens is 1. The molecular formula is C15H26N2O. The molecule has 102 valence electrons. The maximum absolute atomic E-state index is 5.33. The number of aryl methyl sites for hydroxylation is 3. The van der Waals surface area contributed by atoms with E-state index in [1.807, 2.05) is 13.8 Å². The molecule has 3 heteroatoms. The normalized spacial score (nSPS) is 12.7. The van der Waals surface area contributed by atoms with E-state index in [-0.39, 0.29) is 0 Å². The highest BCUT2D eigenvalue weighted by Crippen LogP contribution is 2.20. The Balaban J connectivity index is 2.53. The fourth-order valence-electron chi connectivity index (χ4n) is 2.43. The highest BCUT2D eigenvalue weighted by molar-refractivity contribution is 5.33. The molecular weight excluding hydrogens is 224 g/mol. The van der Waals surface area contributed by atoms with Gasteiger partial charge in [-0.3, -0.25) is 4.98 Å². The number of ether oxygens (including phenoxy) is 1. The molecule has 1 unspecified atom stereocenters. The first-order valence-electron chi connectivity index (χ1n) is 6.82. The van der Waals surface area contributed by atoms with Crippen molar-refractivity contribution in [2.75, 3.05) is 19.8 Å². The van der Waals surface area contributed by atoms with Crippen LogP contribution < -0.4 is 5.32 Å². The van der Waals surface area contributed by atoms with Gasteiger partial charge in [-0.25, -0.2) is 0 Å². The van der Waals surface area contributed by atoms with Gasteiger partial charge in [0.05, 0.1) is 0 Å². The molecule has 3 nitrogen and oxygen atoms in total. The molecule has 0 saturated heterocycles. The summed E-state index contributed by atoms with van der Waals surface area (Å²) in [4.78, 5) is 4.55. The molecule has 0 fully saturated rings. The van der Waals surface area contributed by atoms with Gasteiger partial charge in [-0.1, -0.05) is 0 Å². The monoisotopic (exact) mass is 250 g/mol. The van der Waals surface area contributed by atoms with Gasteiger partial charge in [0, 0.05) is 30.6 Å². The molecule has 1 heterocycles. The summed E-state index contributed by atoms with van der Waals surface area (Å²) in [6.45, 7) is 13.1. The Bertz CT molecular complexity index is 354. The summed E-state index contributed by atoms with van der Waals surface area (Å²) in [5, 5.41) is 3.54. The van der Waals surface area contributed by atoms with Crippen molar-refractivity contribution >= 4 is 0 Å². The number of nitrogens with zero attached hydrogens (tertiary/aromatic N) is 1. The largest absolute Gasteiger partial charge is 0.382 e. The molecule has 18 heavy (non-hydrogen) atoms. The van der Waals surface area contributed by atoms with Crippen molar-refractivity contribution in [1.82, 2.24) is 10.3 Å². The zero-order valence-electron chi connectivity index (χ0n) is 12.3. The van der Waals surface area contributed by atoms with Crippen molar-refractivity contribution in [3.05, 3.63) is 28.6 Å². The van der Waals surface area contributed by atoms with Gasteiger partial charge in [-0.05, 0) is 64.8 Å². The molecule has 0 aromatic carbocycles. The summed E-state index contributed by atoms with van der Waals surface area (Å²) in [7, 11) is 0. The Morgan fingerprint density at radius 3 is 2.67 bits per heavy atom. The Morgan fingerprint density at radius 2 is 2.06 bits per heavy atom. The number of nitrogens with one attached hydrogen (secondary N) is 1. The minimum Gasteiger partial charge on any atom is -0.382 e. The van der Waals surface area contributed by atoms with Crippen LogP contribution in [0.5, 0.6) is 0 Å². The Kier molecular flexibility index (Phi) is 6.30. The predicted molar refractivity (Wildman–Crippen MR) is 76.0 cm³/mol. The van der Waals surface area contributed by atoms with Crippen LogP contribution in [0.3, 0.4) is 0 Å². The van der Waals surface area contributed by atoms with E-state index in [1.165, 1.54) is 11.1 Å². The average molecular weight is 250 g/mol. The van der Waals surface area contributed by atoms with E-state index in [9.17, 15) is 0 Å². The van der Waals surface area contributed by atoms with Gasteiger partial charge in [-0.2, -0.15) is 0 Å². The van der Waals surface area contributed by atoms with Crippen LogP contribution in [0.1, 0.15) is 48.8 Å². The highest BCUT2D eigenvalue weighted by atomic mass is 16.5. The van der Waals surface area contributed by atoms with Crippen LogP contribution in [0.15, 0.2) is 6.07 Å². The van der Waals surface area contributed by atoms with Crippen LogP contribution in [0, 0.1) is 20.8 Å². The van der Waals surface area contributed by atoms with Gasteiger partial charge in [0.2, 0.25) is 0 Å². The summed E-state index contributed by atoms with van der Waals surface area (Å²) in [5.74, 6) is 0. The maximum atomic E-state index is 5.33. The predicted octanol–water partition coefficient (Wildman–Crippen LogP) is 3.08. The average Bonchev–Trinajstić information content (AvgIpc) is 2.27. The third-order valence-electron chi connectivity index (χ3n) is 3.14. The van der Waals surface area contributed by atoms with E-state index < -0.39 is 0 Å². The van der Waals surface area contributed by atoms with Gasteiger partial charge in [0.15, 0.2) is 0 Å². The van der Waals surface area contributed by atoms with E-state index in [4.69, 9.17) is 4.74 Å². The smallest absolute Gasteiger partial charge is 0.0477 e. The molecule has 1 aromatic heterocycles. The summed E-state index contributed by atoms with van der Waals surface area (Å²) < 4.78 is 5.33. The van der Waals surface area contributed by atoms with Crippen LogP contribution >= 0.6 is 0 Å². The Labute approximate surface area is 111 Å². The minimum atomic E-state index is 0.347. The molecule has 0 bridgehead atoms. The number of hydrogen-bond donors (Lipinski definition) is 1. The number of hydrogen-bond acceptors (Lipinski definition) is 3. The maximum Gasteiger partial charge on any atom is 0.0477 e. The first kappa shape index (κ1) is 15.1. The molecule has 0 saturated carbocycles. The number of pyridine rings is 1. The molecule has 1 rings (SSSR count). The SMILES string of the molecule is CCOCCCNC(C)c1c(C)cc(C)nc1C. The Hall–Kier alpha value is -0.930. The second-order valence-corrected chi connectivity index (χ2v) is 4.81. The highest BCUT2D eigenvalue weighted by Gasteiger charge is 2.12. The van der Waals surface area contributed by atoms with E-state index in [0.717, 1.165) is 37.6 Å². The van der Waals surface area contributed by atoms with Crippen molar-refractivity contribution < 1.29 is 4.74 Å². The first-order chi connectivity index (χ1) is 8.56. The summed E-state index contributed by atoms with van der Waals surface area (Å²) >= 11 is 0. The zero-order valence-corrected chi connectivity index (χ0v) is 12.3. The fourth-order valence-corrected chi connectivity index (χ4v) is 2.43. The van der Waals surface area contributed by atoms with Crippen LogP contribution in [0.2, 0.25) is 0 Å². The van der Waals surface area contributed by atoms with Gasteiger partial charge in [-0.15, -0.1) is 0 Å². The topological polar surface area (TPSA) is 34.1 Å². The van der Waals surface area contributed by atoms with Crippen LogP contribution in [-0.4, -0.2) is 24.7 Å². The lowest BCUT2D eigenvalue weighted by molar-refractivity contribution is 0.144. The molecule has 1 atom stereocenters. The van der Waals surface area contributed by atoms with Crippen molar-refractivity contribution in [3.8, 4) is 0 Å². The lowest BCUT2D eigenvalue weighted by Crippen LogP contribution is -2.23. The van der Waals surface area contributed by atoms with E-state index in [0.29, 0.717) is 6.04 Å². The summed E-state index contributed by atoms with van der Waals surface area (Å²) in [6.07, 6.45) is 1.05. The quantitative estimate of drug-likeness (QED) is 0.755. The molecule has 0 aliphatic heterocycles. The van der Waals surface area contributed by atoms with Gasteiger partial charge < -0.3 is 10.1 Å². The fraction of sp³-hybridized carbons (Fsp3) is 0.667. The van der Waals surface area contributed by atoms with Crippen LogP contribution in [-0.2, 0) is 4.74 Å². The summed E-state index contributed by atoms with van der Waals surface area (Å²) in [5.41, 5.74) is 4.89. The van der Waals surface area contributed by atoms with Crippen molar-refractivity contribution in [2.24, 2.45) is 0 Å². The lowest BCUT2D eigenvalue weighted by Gasteiger charge is -2.19. The zero-order chi connectivity index (χ0) is 13.5. The molecule has 0 aliphatic rings. The Morgan fingerprint density at radius 1 is 1.33 bits per heavy atom. The van der Waals surface area contributed by atoms with E-state index in [2.05, 4.69) is 37.1 Å². The number of rotatable bonds is 7. The molecule has 0 amide bonds. The molecule has 1 N–H and O–H groups in total. The summed E-state index contributed by atoms with van der Waals surface area (Å²) in [6, 6.07) is 2.50. The van der Waals surface area contributed by atoms with Crippen molar-refractivity contribution in [3.63, 3.8) is 0 Å².